The number of rotatable bonds is 12. The fourth-order valence-electron chi connectivity index (χ4n) is 5.31. The first-order valence-electron chi connectivity index (χ1n) is 14.5. The number of H-pyrrole nitrogens is 1. The summed E-state index contributed by atoms with van der Waals surface area (Å²) in [6.45, 7) is 0.477. The molecule has 5 rings (SSSR count). The minimum atomic E-state index is -1.38. The van der Waals surface area contributed by atoms with Gasteiger partial charge in [-0.2, -0.15) is 0 Å². The van der Waals surface area contributed by atoms with E-state index in [1.165, 1.54) is 30.3 Å². The maximum absolute atomic E-state index is 14.1. The maximum atomic E-state index is 14.1. The fraction of sp³-hybridized carbons (Fsp3) is 0.242. The molecule has 1 saturated heterocycles. The smallest absolute Gasteiger partial charge is 0.289 e. The molecule has 1 aliphatic rings. The van der Waals surface area contributed by atoms with Crippen molar-refractivity contribution < 1.29 is 28.4 Å². The summed E-state index contributed by atoms with van der Waals surface area (Å²) in [6.07, 6.45) is 0.144. The zero-order valence-corrected chi connectivity index (χ0v) is 25.9. The van der Waals surface area contributed by atoms with Crippen LogP contribution in [0.3, 0.4) is 0 Å². The summed E-state index contributed by atoms with van der Waals surface area (Å²) < 4.78 is 14.1. The molecule has 1 aliphatic heterocycles. The summed E-state index contributed by atoms with van der Waals surface area (Å²) in [5.74, 6) is -4.82. The highest BCUT2D eigenvalue weighted by molar-refractivity contribution is 6.39. The van der Waals surface area contributed by atoms with Crippen LogP contribution in [0.15, 0.2) is 72.8 Å². The maximum Gasteiger partial charge on any atom is 0.289 e. The molecular formula is C33H30Cl2FN5O5. The average molecular weight is 667 g/mol. The molecule has 1 aromatic heterocycles. The van der Waals surface area contributed by atoms with Crippen molar-refractivity contribution in [1.29, 1.82) is 0 Å². The lowest BCUT2D eigenvalue weighted by atomic mass is 9.94. The number of halogens is 3. The van der Waals surface area contributed by atoms with Crippen LogP contribution in [0.5, 0.6) is 0 Å². The lowest BCUT2D eigenvalue weighted by Gasteiger charge is -2.24. The molecule has 46 heavy (non-hydrogen) atoms. The largest absolute Gasteiger partial charge is 0.356 e. The van der Waals surface area contributed by atoms with Crippen LogP contribution in [-0.2, 0) is 32.1 Å². The molecule has 10 nitrogen and oxygen atoms in total. The number of hydrogen-bond acceptors (Lipinski definition) is 5. The molecule has 2 heterocycles. The van der Waals surface area contributed by atoms with Gasteiger partial charge in [-0.05, 0) is 54.3 Å². The van der Waals surface area contributed by atoms with Crippen LogP contribution >= 0.6 is 23.2 Å². The zero-order valence-electron chi connectivity index (χ0n) is 24.4. The SMILES string of the molecule is O=C(NCc1ccccc1)C(=O)[C@H](C[C@@H]1CCNC1=O)NC(=O)[C@H](Cc1cccc(F)c1)NC(=O)c1cc2c(Cl)cc(Cl)cc2[nH]1. The third kappa shape index (κ3) is 8.09. The second-order valence-electron chi connectivity index (χ2n) is 11.0. The van der Waals surface area contributed by atoms with Crippen molar-refractivity contribution in [1.82, 2.24) is 26.3 Å². The van der Waals surface area contributed by atoms with E-state index >= 15 is 0 Å². The minimum Gasteiger partial charge on any atom is -0.356 e. The van der Waals surface area contributed by atoms with Gasteiger partial charge in [0.25, 0.3) is 11.8 Å². The number of aromatic nitrogens is 1. The van der Waals surface area contributed by atoms with E-state index in [1.54, 1.807) is 36.4 Å². The first kappa shape index (κ1) is 32.6. The molecule has 4 amide bonds. The fourth-order valence-corrected chi connectivity index (χ4v) is 5.86. The number of carbonyl (C=O) groups is 5. The Morgan fingerprint density at radius 1 is 0.913 bits per heavy atom. The average Bonchev–Trinajstić information content (AvgIpc) is 3.65. The van der Waals surface area contributed by atoms with Crippen LogP contribution in [0.4, 0.5) is 4.39 Å². The van der Waals surface area contributed by atoms with Gasteiger partial charge in [0.1, 0.15) is 17.6 Å². The number of Topliss-reactive ketones (excluding diaryl/α,β-unsaturated/α-hetero) is 1. The molecule has 0 unspecified atom stereocenters. The normalized spacial score (nSPS) is 15.5. The number of fused-ring (bicyclic) bond motifs is 1. The predicted octanol–water partition coefficient (Wildman–Crippen LogP) is 3.85. The van der Waals surface area contributed by atoms with Crippen LogP contribution in [-0.4, -0.2) is 53.0 Å². The van der Waals surface area contributed by atoms with E-state index in [-0.39, 0.29) is 31.0 Å². The molecule has 3 aromatic carbocycles. The van der Waals surface area contributed by atoms with E-state index in [4.69, 9.17) is 23.2 Å². The number of hydrogen-bond donors (Lipinski definition) is 5. The predicted molar refractivity (Wildman–Crippen MR) is 171 cm³/mol. The molecule has 13 heteroatoms. The molecule has 1 fully saturated rings. The van der Waals surface area contributed by atoms with Crippen LogP contribution < -0.4 is 21.3 Å². The van der Waals surface area contributed by atoms with Gasteiger partial charge in [0.15, 0.2) is 0 Å². The van der Waals surface area contributed by atoms with Crippen molar-refractivity contribution in [3.05, 3.63) is 105 Å². The standard InChI is InChI=1S/C33H30Cl2FN5O5/c34-21-14-24(35)23-16-28(39-25(23)15-21)32(45)41-27(12-19-7-4-8-22(36)11-19)31(44)40-26(13-20-9-10-37-30(20)43)29(42)33(46)38-17-18-5-2-1-3-6-18/h1-8,11,14-16,20,26-27,39H,9-10,12-13,17H2,(H,37,43)(H,38,46)(H,40,44)(H,41,45)/t20-,26-,27-/m0/s1. The van der Waals surface area contributed by atoms with E-state index < -0.39 is 47.3 Å². The molecule has 0 spiro atoms. The molecule has 0 radical (unpaired) electrons. The van der Waals surface area contributed by atoms with E-state index in [9.17, 15) is 28.4 Å². The Bertz CT molecular complexity index is 1800. The van der Waals surface area contributed by atoms with Gasteiger partial charge < -0.3 is 26.3 Å². The summed E-state index contributed by atoms with van der Waals surface area (Å²) in [5.41, 5.74) is 1.73. The van der Waals surface area contributed by atoms with Gasteiger partial charge in [-0.15, -0.1) is 0 Å². The molecule has 4 aromatic rings. The summed E-state index contributed by atoms with van der Waals surface area (Å²) >= 11 is 12.4. The van der Waals surface area contributed by atoms with E-state index in [0.717, 1.165) is 5.56 Å². The van der Waals surface area contributed by atoms with Crippen molar-refractivity contribution in [2.24, 2.45) is 5.92 Å². The van der Waals surface area contributed by atoms with Gasteiger partial charge in [-0.3, -0.25) is 24.0 Å². The van der Waals surface area contributed by atoms with Gasteiger partial charge in [0.05, 0.1) is 11.1 Å². The molecule has 3 atom stereocenters. The highest BCUT2D eigenvalue weighted by atomic mass is 35.5. The Kier molecular flexibility index (Phi) is 10.3. The van der Waals surface area contributed by atoms with Gasteiger partial charge in [0, 0.05) is 41.4 Å². The van der Waals surface area contributed by atoms with Gasteiger partial charge >= 0.3 is 0 Å². The van der Waals surface area contributed by atoms with Gasteiger partial charge in [-0.1, -0.05) is 65.7 Å². The topological polar surface area (TPSA) is 149 Å². The number of amides is 4. The lowest BCUT2D eigenvalue weighted by molar-refractivity contribution is -0.141. The van der Waals surface area contributed by atoms with Crippen molar-refractivity contribution in [2.75, 3.05) is 6.54 Å². The zero-order chi connectivity index (χ0) is 32.8. The Morgan fingerprint density at radius 2 is 1.67 bits per heavy atom. The minimum absolute atomic E-state index is 0.0757. The van der Waals surface area contributed by atoms with Crippen molar-refractivity contribution in [3.8, 4) is 0 Å². The van der Waals surface area contributed by atoms with E-state index in [1.807, 2.05) is 6.07 Å². The number of carbonyl (C=O) groups excluding carboxylic acids is 5. The molecule has 0 aliphatic carbocycles. The summed E-state index contributed by atoms with van der Waals surface area (Å²) in [7, 11) is 0. The van der Waals surface area contributed by atoms with Gasteiger partial charge in [0.2, 0.25) is 17.6 Å². The Hall–Kier alpha value is -4.74. The number of aromatic amines is 1. The first-order valence-corrected chi connectivity index (χ1v) is 15.3. The summed E-state index contributed by atoms with van der Waals surface area (Å²) in [5, 5.41) is 11.7. The van der Waals surface area contributed by atoms with Crippen molar-refractivity contribution >= 4 is 63.5 Å². The lowest BCUT2D eigenvalue weighted by Crippen LogP contribution is -2.55. The summed E-state index contributed by atoms with van der Waals surface area (Å²) in [4.78, 5) is 68.8. The van der Waals surface area contributed by atoms with Gasteiger partial charge in [-0.25, -0.2) is 4.39 Å². The third-order valence-corrected chi connectivity index (χ3v) is 8.21. The van der Waals surface area contributed by atoms with Crippen molar-refractivity contribution in [3.63, 3.8) is 0 Å². The highest BCUT2D eigenvalue weighted by Gasteiger charge is 2.35. The van der Waals surface area contributed by atoms with Crippen molar-refractivity contribution in [2.45, 2.75) is 37.9 Å². The second-order valence-corrected chi connectivity index (χ2v) is 11.8. The van der Waals surface area contributed by atoms with Crippen LogP contribution in [0.2, 0.25) is 10.0 Å². The highest BCUT2D eigenvalue weighted by Crippen LogP contribution is 2.28. The Labute approximate surface area is 273 Å². The number of benzene rings is 3. The molecule has 238 valence electrons. The number of ketones is 1. The monoisotopic (exact) mass is 665 g/mol. The second kappa shape index (κ2) is 14.6. The molecule has 0 saturated carbocycles. The van der Waals surface area contributed by atoms with E-state index in [2.05, 4.69) is 26.3 Å². The van der Waals surface area contributed by atoms with E-state index in [0.29, 0.717) is 39.5 Å². The van der Waals surface area contributed by atoms with Crippen LogP contribution in [0.25, 0.3) is 10.9 Å². The Morgan fingerprint density at radius 3 is 2.39 bits per heavy atom. The summed E-state index contributed by atoms with van der Waals surface area (Å²) in [6, 6.07) is 16.4. The van der Waals surface area contributed by atoms with Crippen LogP contribution in [0.1, 0.15) is 34.5 Å². The first-order chi connectivity index (χ1) is 22.1. The third-order valence-electron chi connectivity index (χ3n) is 7.68. The molecule has 5 N–H and O–H groups in total. The molecular weight excluding hydrogens is 636 g/mol. The molecule has 0 bridgehead atoms. The van der Waals surface area contributed by atoms with Crippen LogP contribution in [0, 0.1) is 11.7 Å². The Balaban J connectivity index is 1.38. The number of nitrogens with one attached hydrogen (secondary N) is 5. The quantitative estimate of drug-likeness (QED) is 0.146.